The number of likely N-dealkylation sites (tertiary alicyclic amines) is 2. The van der Waals surface area contributed by atoms with Crippen LogP contribution >= 0.6 is 11.6 Å². The number of halogens is 2. The third-order valence-corrected chi connectivity index (χ3v) is 6.65. The Kier molecular flexibility index (Phi) is 7.43. The van der Waals surface area contributed by atoms with Gasteiger partial charge in [0.15, 0.2) is 0 Å². The molecule has 0 saturated carbocycles. The molecule has 0 radical (unpaired) electrons. The minimum atomic E-state index is -0.292. The van der Waals surface area contributed by atoms with E-state index in [2.05, 4.69) is 10.2 Å². The number of piperidine rings is 2. The maximum absolute atomic E-state index is 14.0. The van der Waals surface area contributed by atoms with Gasteiger partial charge < -0.3 is 10.2 Å². The number of amides is 2. The van der Waals surface area contributed by atoms with Gasteiger partial charge in [0.05, 0.1) is 0 Å². The standard InChI is InChI=1S/C25H29ClFN3O2/c26-21-7-4-20(23(27)16-21)17-29-14-10-18(11-15-29)24(31)28-22-8-5-19(6-9-22)25(32)30-12-2-1-3-13-30/h4-9,16,18H,1-3,10-15,17H2,(H,28,31). The Morgan fingerprint density at radius 2 is 1.66 bits per heavy atom. The zero-order valence-corrected chi connectivity index (χ0v) is 18.9. The van der Waals surface area contributed by atoms with Gasteiger partial charge in [0.2, 0.25) is 5.91 Å². The molecule has 4 rings (SSSR count). The maximum Gasteiger partial charge on any atom is 0.253 e. The van der Waals surface area contributed by atoms with Gasteiger partial charge in [0.25, 0.3) is 5.91 Å². The van der Waals surface area contributed by atoms with Crippen LogP contribution in [0.1, 0.15) is 48.0 Å². The van der Waals surface area contributed by atoms with E-state index in [4.69, 9.17) is 11.6 Å². The summed E-state index contributed by atoms with van der Waals surface area (Å²) in [5.41, 5.74) is 1.99. The molecular formula is C25H29ClFN3O2. The summed E-state index contributed by atoms with van der Waals surface area (Å²) < 4.78 is 14.0. The maximum atomic E-state index is 14.0. The number of rotatable bonds is 5. The molecule has 0 aliphatic carbocycles. The van der Waals surface area contributed by atoms with Crippen LogP contribution in [-0.4, -0.2) is 47.8 Å². The average Bonchev–Trinajstić information content (AvgIpc) is 2.82. The summed E-state index contributed by atoms with van der Waals surface area (Å²) in [6.45, 7) is 3.64. The van der Waals surface area contributed by atoms with Crippen LogP contribution in [0.4, 0.5) is 10.1 Å². The van der Waals surface area contributed by atoms with Crippen LogP contribution in [0.5, 0.6) is 0 Å². The smallest absolute Gasteiger partial charge is 0.253 e. The molecule has 0 atom stereocenters. The molecule has 0 bridgehead atoms. The third kappa shape index (κ3) is 5.67. The van der Waals surface area contributed by atoms with Crippen molar-refractivity contribution in [2.45, 2.75) is 38.6 Å². The molecule has 1 N–H and O–H groups in total. The summed E-state index contributed by atoms with van der Waals surface area (Å²) in [5.74, 6) is -0.306. The number of benzene rings is 2. The molecule has 2 aromatic carbocycles. The molecule has 0 spiro atoms. The van der Waals surface area contributed by atoms with Gasteiger partial charge >= 0.3 is 0 Å². The highest BCUT2D eigenvalue weighted by molar-refractivity contribution is 6.30. The molecule has 0 aromatic heterocycles. The Labute approximate surface area is 193 Å². The highest BCUT2D eigenvalue weighted by Gasteiger charge is 2.26. The molecule has 2 saturated heterocycles. The number of anilines is 1. The van der Waals surface area contributed by atoms with Gasteiger partial charge in [-0.25, -0.2) is 4.39 Å². The summed E-state index contributed by atoms with van der Waals surface area (Å²) in [6, 6.07) is 11.9. The van der Waals surface area contributed by atoms with Crippen LogP contribution in [0.3, 0.4) is 0 Å². The zero-order chi connectivity index (χ0) is 22.5. The quantitative estimate of drug-likeness (QED) is 0.690. The lowest BCUT2D eigenvalue weighted by Crippen LogP contribution is -2.38. The van der Waals surface area contributed by atoms with Gasteiger partial charge in [0, 0.05) is 47.4 Å². The van der Waals surface area contributed by atoms with Crippen LogP contribution in [0.15, 0.2) is 42.5 Å². The van der Waals surface area contributed by atoms with E-state index >= 15 is 0 Å². The largest absolute Gasteiger partial charge is 0.339 e. The highest BCUT2D eigenvalue weighted by Crippen LogP contribution is 2.23. The van der Waals surface area contributed by atoms with E-state index in [1.807, 2.05) is 4.90 Å². The molecule has 2 heterocycles. The second-order valence-corrected chi connectivity index (χ2v) is 9.14. The van der Waals surface area contributed by atoms with Gasteiger partial charge in [-0.3, -0.25) is 14.5 Å². The predicted octanol–water partition coefficient (Wildman–Crippen LogP) is 4.96. The first-order valence-electron chi connectivity index (χ1n) is 11.4. The van der Waals surface area contributed by atoms with E-state index in [1.54, 1.807) is 36.4 Å². The number of hydrogen-bond donors (Lipinski definition) is 1. The monoisotopic (exact) mass is 457 g/mol. The topological polar surface area (TPSA) is 52.7 Å². The van der Waals surface area contributed by atoms with Crippen LogP contribution in [-0.2, 0) is 11.3 Å². The number of nitrogens with zero attached hydrogens (tertiary/aromatic N) is 2. The Morgan fingerprint density at radius 1 is 0.969 bits per heavy atom. The molecule has 32 heavy (non-hydrogen) atoms. The van der Waals surface area contributed by atoms with Crippen molar-refractivity contribution in [1.82, 2.24) is 9.80 Å². The van der Waals surface area contributed by atoms with Gasteiger partial charge in [-0.2, -0.15) is 0 Å². The highest BCUT2D eigenvalue weighted by atomic mass is 35.5. The van der Waals surface area contributed by atoms with Crippen molar-refractivity contribution in [3.8, 4) is 0 Å². The summed E-state index contributed by atoms with van der Waals surface area (Å²) in [5, 5.41) is 3.37. The summed E-state index contributed by atoms with van der Waals surface area (Å²) >= 11 is 5.82. The fourth-order valence-corrected chi connectivity index (χ4v) is 4.62. The normalized spacial score (nSPS) is 17.9. The SMILES string of the molecule is O=C(Nc1ccc(C(=O)N2CCCCC2)cc1)C1CCN(Cc2ccc(Cl)cc2F)CC1. The molecule has 2 fully saturated rings. The lowest BCUT2D eigenvalue weighted by Gasteiger charge is -2.31. The zero-order valence-electron chi connectivity index (χ0n) is 18.2. The van der Waals surface area contributed by atoms with Gasteiger partial charge in [-0.1, -0.05) is 17.7 Å². The van der Waals surface area contributed by atoms with E-state index in [0.29, 0.717) is 28.4 Å². The average molecular weight is 458 g/mol. The van der Waals surface area contributed by atoms with E-state index < -0.39 is 0 Å². The van der Waals surface area contributed by atoms with Gasteiger partial charge in [0.1, 0.15) is 5.82 Å². The number of nitrogens with one attached hydrogen (secondary N) is 1. The molecule has 7 heteroatoms. The van der Waals surface area contributed by atoms with Crippen LogP contribution in [0.2, 0.25) is 5.02 Å². The van der Waals surface area contributed by atoms with E-state index in [0.717, 1.165) is 51.9 Å². The lowest BCUT2D eigenvalue weighted by atomic mass is 9.95. The van der Waals surface area contributed by atoms with Crippen molar-refractivity contribution in [3.63, 3.8) is 0 Å². The number of carbonyl (C=O) groups excluding carboxylic acids is 2. The third-order valence-electron chi connectivity index (χ3n) is 6.41. The molecule has 2 amide bonds. The molecular weight excluding hydrogens is 429 g/mol. The molecule has 170 valence electrons. The molecule has 2 aliphatic rings. The molecule has 2 aliphatic heterocycles. The first kappa shape index (κ1) is 22.7. The van der Waals surface area contributed by atoms with E-state index in [-0.39, 0.29) is 23.5 Å². The molecule has 5 nitrogen and oxygen atoms in total. The molecule has 0 unspecified atom stereocenters. The van der Waals surface area contributed by atoms with Crippen LogP contribution in [0.25, 0.3) is 0 Å². The van der Waals surface area contributed by atoms with Crippen molar-refractivity contribution in [3.05, 3.63) is 64.4 Å². The minimum absolute atomic E-state index is 0.00238. The first-order chi connectivity index (χ1) is 15.5. The Bertz CT molecular complexity index is 952. The minimum Gasteiger partial charge on any atom is -0.339 e. The van der Waals surface area contributed by atoms with Crippen molar-refractivity contribution in [2.24, 2.45) is 5.92 Å². The summed E-state index contributed by atoms with van der Waals surface area (Å²) in [4.78, 5) is 29.4. The van der Waals surface area contributed by atoms with E-state index in [1.165, 1.54) is 12.5 Å². The van der Waals surface area contributed by atoms with Crippen LogP contribution < -0.4 is 5.32 Å². The Morgan fingerprint density at radius 3 is 2.31 bits per heavy atom. The number of hydrogen-bond acceptors (Lipinski definition) is 3. The van der Waals surface area contributed by atoms with Crippen molar-refractivity contribution < 1.29 is 14.0 Å². The summed E-state index contributed by atoms with van der Waals surface area (Å²) in [6.07, 6.45) is 4.77. The van der Waals surface area contributed by atoms with Gasteiger partial charge in [-0.05, 0) is 81.6 Å². The lowest BCUT2D eigenvalue weighted by molar-refractivity contribution is -0.121. The van der Waals surface area contributed by atoms with Crippen LogP contribution in [0, 0.1) is 11.7 Å². The van der Waals surface area contributed by atoms with Crippen molar-refractivity contribution in [2.75, 3.05) is 31.5 Å². The second kappa shape index (κ2) is 10.5. The fourth-order valence-electron chi connectivity index (χ4n) is 4.46. The fraction of sp³-hybridized carbons (Fsp3) is 0.440. The predicted molar refractivity (Wildman–Crippen MR) is 124 cm³/mol. The Balaban J connectivity index is 1.26. The first-order valence-corrected chi connectivity index (χ1v) is 11.7. The second-order valence-electron chi connectivity index (χ2n) is 8.71. The van der Waals surface area contributed by atoms with E-state index in [9.17, 15) is 14.0 Å². The number of carbonyl (C=O) groups is 2. The van der Waals surface area contributed by atoms with Gasteiger partial charge in [-0.15, -0.1) is 0 Å². The van der Waals surface area contributed by atoms with Crippen molar-refractivity contribution >= 4 is 29.1 Å². The molecule has 2 aromatic rings. The summed E-state index contributed by atoms with van der Waals surface area (Å²) in [7, 11) is 0. The van der Waals surface area contributed by atoms with Crippen molar-refractivity contribution in [1.29, 1.82) is 0 Å². The Hall–Kier alpha value is -2.44.